The van der Waals surface area contributed by atoms with Crippen LogP contribution >= 0.6 is 0 Å². The molecule has 82 valence electrons. The van der Waals surface area contributed by atoms with Crippen LogP contribution in [0.3, 0.4) is 0 Å². The summed E-state index contributed by atoms with van der Waals surface area (Å²) < 4.78 is 5.26. The maximum Gasteiger partial charge on any atom is 0.216 e. The van der Waals surface area contributed by atoms with Crippen molar-refractivity contribution in [2.45, 2.75) is 19.3 Å². The maximum absolute atomic E-state index is 5.26. The van der Waals surface area contributed by atoms with Gasteiger partial charge in [-0.05, 0) is 44.3 Å². The molecule has 0 amide bonds. The molecule has 0 radical (unpaired) electrons. The first-order chi connectivity index (χ1) is 7.40. The summed E-state index contributed by atoms with van der Waals surface area (Å²) in [5.41, 5.74) is 1.24. The number of piperidine rings is 1. The second-order valence-corrected chi connectivity index (χ2v) is 4.07. The zero-order chi connectivity index (χ0) is 10.5. The molecular weight excluding hydrogens is 188 g/mol. The van der Waals surface area contributed by atoms with E-state index in [9.17, 15) is 0 Å². The lowest BCUT2D eigenvalue weighted by Gasteiger charge is -2.22. The van der Waals surface area contributed by atoms with Crippen molar-refractivity contribution in [3.8, 4) is 5.88 Å². The normalized spacial score (nSPS) is 17.7. The number of methoxy groups -OCH3 is 1. The van der Waals surface area contributed by atoms with Gasteiger partial charge in [0.1, 0.15) is 0 Å². The smallest absolute Gasteiger partial charge is 0.216 e. The summed E-state index contributed by atoms with van der Waals surface area (Å²) in [6.07, 6.45) is 5.40. The molecule has 1 aromatic rings. The van der Waals surface area contributed by atoms with Crippen molar-refractivity contribution >= 4 is 0 Å². The highest BCUT2D eigenvalue weighted by Crippen LogP contribution is 2.22. The zero-order valence-electron chi connectivity index (χ0n) is 9.20. The van der Waals surface area contributed by atoms with Gasteiger partial charge in [-0.15, -0.1) is 0 Å². The largest absolute Gasteiger partial charge is 0.481 e. The molecule has 2 heterocycles. The van der Waals surface area contributed by atoms with Gasteiger partial charge in [-0.25, -0.2) is 4.98 Å². The lowest BCUT2D eigenvalue weighted by Crippen LogP contribution is -2.28. The van der Waals surface area contributed by atoms with E-state index in [0.717, 1.165) is 31.3 Å². The number of hydrogen-bond acceptors (Lipinski definition) is 3. The fourth-order valence-corrected chi connectivity index (χ4v) is 2.16. The van der Waals surface area contributed by atoms with Crippen LogP contribution in [-0.4, -0.2) is 25.2 Å². The summed E-state index contributed by atoms with van der Waals surface area (Å²) in [4.78, 5) is 4.22. The van der Waals surface area contributed by atoms with Crippen LogP contribution in [0.1, 0.15) is 18.4 Å². The SMILES string of the molecule is COc1ncccc1CC1CCNCC1. The molecule has 3 nitrogen and oxygen atoms in total. The van der Waals surface area contributed by atoms with Gasteiger partial charge in [-0.1, -0.05) is 6.07 Å². The Kier molecular flexibility index (Phi) is 3.56. The molecule has 15 heavy (non-hydrogen) atoms. The van der Waals surface area contributed by atoms with Gasteiger partial charge < -0.3 is 10.1 Å². The molecule has 0 spiro atoms. The van der Waals surface area contributed by atoms with E-state index in [-0.39, 0.29) is 0 Å². The fourth-order valence-electron chi connectivity index (χ4n) is 2.16. The van der Waals surface area contributed by atoms with Gasteiger partial charge in [0, 0.05) is 11.8 Å². The maximum atomic E-state index is 5.26. The van der Waals surface area contributed by atoms with Crippen molar-refractivity contribution in [2.24, 2.45) is 5.92 Å². The van der Waals surface area contributed by atoms with Gasteiger partial charge in [-0.3, -0.25) is 0 Å². The van der Waals surface area contributed by atoms with Gasteiger partial charge in [0.15, 0.2) is 0 Å². The second kappa shape index (κ2) is 5.12. The van der Waals surface area contributed by atoms with Crippen molar-refractivity contribution in [3.05, 3.63) is 23.9 Å². The Balaban J connectivity index is 2.02. The summed E-state index contributed by atoms with van der Waals surface area (Å²) in [5, 5.41) is 3.38. The van der Waals surface area contributed by atoms with E-state index in [0.29, 0.717) is 0 Å². The Bertz CT molecular complexity index is 308. The molecule has 3 heteroatoms. The number of aromatic nitrogens is 1. The van der Waals surface area contributed by atoms with Crippen molar-refractivity contribution in [1.29, 1.82) is 0 Å². The van der Waals surface area contributed by atoms with E-state index in [2.05, 4.69) is 16.4 Å². The lowest BCUT2D eigenvalue weighted by atomic mass is 9.91. The molecule has 1 aromatic heterocycles. The number of ether oxygens (including phenoxy) is 1. The Morgan fingerprint density at radius 2 is 2.27 bits per heavy atom. The molecule has 1 aliphatic heterocycles. The summed E-state index contributed by atoms with van der Waals surface area (Å²) in [7, 11) is 1.69. The quantitative estimate of drug-likeness (QED) is 0.816. The number of nitrogens with one attached hydrogen (secondary N) is 1. The monoisotopic (exact) mass is 206 g/mol. The number of nitrogens with zero attached hydrogens (tertiary/aromatic N) is 1. The summed E-state index contributed by atoms with van der Waals surface area (Å²) in [6, 6.07) is 4.10. The third kappa shape index (κ3) is 2.69. The Morgan fingerprint density at radius 1 is 1.47 bits per heavy atom. The third-order valence-corrected chi connectivity index (χ3v) is 3.01. The van der Waals surface area contributed by atoms with E-state index in [1.165, 1.54) is 18.4 Å². The van der Waals surface area contributed by atoms with Crippen LogP contribution in [0.4, 0.5) is 0 Å². The first-order valence-corrected chi connectivity index (χ1v) is 5.58. The molecule has 0 atom stereocenters. The van der Waals surface area contributed by atoms with Gasteiger partial charge in [0.25, 0.3) is 0 Å². The highest BCUT2D eigenvalue weighted by molar-refractivity contribution is 5.25. The molecule has 0 aliphatic carbocycles. The minimum atomic E-state index is 0.782. The topological polar surface area (TPSA) is 34.1 Å². The average Bonchev–Trinajstić information content (AvgIpc) is 2.31. The van der Waals surface area contributed by atoms with Crippen molar-refractivity contribution in [2.75, 3.05) is 20.2 Å². The predicted molar refractivity (Wildman–Crippen MR) is 60.1 cm³/mol. The van der Waals surface area contributed by atoms with Crippen LogP contribution < -0.4 is 10.1 Å². The Morgan fingerprint density at radius 3 is 3.00 bits per heavy atom. The van der Waals surface area contributed by atoms with Crippen LogP contribution in [0.25, 0.3) is 0 Å². The lowest BCUT2D eigenvalue weighted by molar-refractivity contribution is 0.356. The highest BCUT2D eigenvalue weighted by Gasteiger charge is 2.15. The van der Waals surface area contributed by atoms with E-state index in [1.54, 1.807) is 13.3 Å². The summed E-state index contributed by atoms with van der Waals surface area (Å²) in [6.45, 7) is 2.29. The Hall–Kier alpha value is -1.09. The van der Waals surface area contributed by atoms with Crippen molar-refractivity contribution in [3.63, 3.8) is 0 Å². The minimum absolute atomic E-state index is 0.782. The molecule has 0 bridgehead atoms. The first-order valence-electron chi connectivity index (χ1n) is 5.58. The molecule has 1 fully saturated rings. The van der Waals surface area contributed by atoms with Gasteiger partial charge in [0.05, 0.1) is 7.11 Å². The summed E-state index contributed by atoms with van der Waals surface area (Å²) in [5.74, 6) is 1.57. The van der Waals surface area contributed by atoms with Crippen LogP contribution in [0.2, 0.25) is 0 Å². The molecular formula is C12H18N2O. The third-order valence-electron chi connectivity index (χ3n) is 3.01. The number of rotatable bonds is 3. The molecule has 0 unspecified atom stereocenters. The van der Waals surface area contributed by atoms with E-state index in [1.807, 2.05) is 6.07 Å². The van der Waals surface area contributed by atoms with Gasteiger partial charge in [0.2, 0.25) is 5.88 Å². The van der Waals surface area contributed by atoms with Crippen LogP contribution in [0, 0.1) is 5.92 Å². The van der Waals surface area contributed by atoms with Crippen LogP contribution in [0.15, 0.2) is 18.3 Å². The molecule has 1 aliphatic rings. The van der Waals surface area contributed by atoms with Crippen molar-refractivity contribution in [1.82, 2.24) is 10.3 Å². The molecule has 1 N–H and O–H groups in total. The number of pyridine rings is 1. The molecule has 2 rings (SSSR count). The van der Waals surface area contributed by atoms with Crippen LogP contribution in [-0.2, 0) is 6.42 Å². The molecule has 0 saturated carbocycles. The minimum Gasteiger partial charge on any atom is -0.481 e. The standard InChI is InChI=1S/C12H18N2O/c1-15-12-11(3-2-6-14-12)9-10-4-7-13-8-5-10/h2-3,6,10,13H,4-5,7-9H2,1H3. The van der Waals surface area contributed by atoms with Crippen LogP contribution in [0.5, 0.6) is 5.88 Å². The zero-order valence-corrected chi connectivity index (χ0v) is 9.20. The van der Waals surface area contributed by atoms with E-state index in [4.69, 9.17) is 4.74 Å². The molecule has 0 aromatic carbocycles. The predicted octanol–water partition coefficient (Wildman–Crippen LogP) is 1.63. The highest BCUT2D eigenvalue weighted by atomic mass is 16.5. The summed E-state index contributed by atoms with van der Waals surface area (Å²) >= 11 is 0. The van der Waals surface area contributed by atoms with Gasteiger partial charge >= 0.3 is 0 Å². The first kappa shape index (κ1) is 10.4. The van der Waals surface area contributed by atoms with E-state index < -0.39 is 0 Å². The molecule has 1 saturated heterocycles. The van der Waals surface area contributed by atoms with E-state index >= 15 is 0 Å². The number of hydrogen-bond donors (Lipinski definition) is 1. The average molecular weight is 206 g/mol. The second-order valence-electron chi connectivity index (χ2n) is 4.07. The Labute approximate surface area is 90.9 Å². The van der Waals surface area contributed by atoms with Crippen molar-refractivity contribution < 1.29 is 4.74 Å². The van der Waals surface area contributed by atoms with Gasteiger partial charge in [-0.2, -0.15) is 0 Å². The fraction of sp³-hybridized carbons (Fsp3) is 0.583.